The third kappa shape index (κ3) is 3.94. The molecule has 19 heavy (non-hydrogen) atoms. The molecule has 1 heterocycles. The van der Waals surface area contributed by atoms with Gasteiger partial charge in [-0.05, 0) is 59.6 Å². The summed E-state index contributed by atoms with van der Waals surface area (Å²) in [7, 11) is 1.70. The van der Waals surface area contributed by atoms with Gasteiger partial charge in [0.2, 0.25) is 0 Å². The van der Waals surface area contributed by atoms with E-state index in [9.17, 15) is 0 Å². The van der Waals surface area contributed by atoms with E-state index in [1.54, 1.807) is 7.11 Å². The predicted molar refractivity (Wildman–Crippen MR) is 82.7 cm³/mol. The number of methoxy groups -OCH3 is 1. The lowest BCUT2D eigenvalue weighted by Gasteiger charge is -2.34. The van der Waals surface area contributed by atoms with Crippen molar-refractivity contribution in [2.75, 3.05) is 26.7 Å². The summed E-state index contributed by atoms with van der Waals surface area (Å²) >= 11 is 3.56. The summed E-state index contributed by atoms with van der Waals surface area (Å²) in [4.78, 5) is 2.56. The quantitative estimate of drug-likeness (QED) is 0.900. The molecule has 0 radical (unpaired) electrons. The highest BCUT2D eigenvalue weighted by Crippen LogP contribution is 2.26. The van der Waals surface area contributed by atoms with Gasteiger partial charge in [-0.15, -0.1) is 0 Å². The van der Waals surface area contributed by atoms with Crippen LogP contribution in [0.1, 0.15) is 25.3 Å². The molecule has 106 valence electrons. The summed E-state index contributed by atoms with van der Waals surface area (Å²) in [5.41, 5.74) is 1.33. The normalized spacial score (nSPS) is 19.7. The lowest BCUT2D eigenvalue weighted by Crippen LogP contribution is -2.45. The van der Waals surface area contributed by atoms with Crippen molar-refractivity contribution in [2.45, 2.75) is 32.4 Å². The first-order chi connectivity index (χ1) is 9.24. The molecule has 1 aromatic carbocycles. The number of nitrogens with one attached hydrogen (secondary N) is 1. The van der Waals surface area contributed by atoms with Gasteiger partial charge in [0.15, 0.2) is 0 Å². The van der Waals surface area contributed by atoms with Crippen molar-refractivity contribution < 1.29 is 4.74 Å². The first-order valence-corrected chi connectivity index (χ1v) is 7.81. The van der Waals surface area contributed by atoms with Crippen LogP contribution in [0.3, 0.4) is 0 Å². The summed E-state index contributed by atoms with van der Waals surface area (Å²) in [6.45, 7) is 6.63. The van der Waals surface area contributed by atoms with E-state index in [0.717, 1.165) is 29.9 Å². The highest BCUT2D eigenvalue weighted by molar-refractivity contribution is 9.10. The largest absolute Gasteiger partial charge is 0.496 e. The minimum atomic E-state index is 0.666. The maximum absolute atomic E-state index is 5.28. The van der Waals surface area contributed by atoms with E-state index in [1.165, 1.54) is 24.9 Å². The van der Waals surface area contributed by atoms with Gasteiger partial charge in [-0.25, -0.2) is 0 Å². The zero-order valence-corrected chi connectivity index (χ0v) is 13.4. The van der Waals surface area contributed by atoms with Crippen LogP contribution in [0.4, 0.5) is 0 Å². The van der Waals surface area contributed by atoms with Gasteiger partial charge >= 0.3 is 0 Å². The van der Waals surface area contributed by atoms with Gasteiger partial charge in [0.25, 0.3) is 0 Å². The average molecular weight is 327 g/mol. The molecule has 0 amide bonds. The number of hydrogen-bond donors (Lipinski definition) is 1. The van der Waals surface area contributed by atoms with E-state index in [1.807, 2.05) is 6.07 Å². The summed E-state index contributed by atoms with van der Waals surface area (Å²) in [5.74, 6) is 0.895. The van der Waals surface area contributed by atoms with Crippen LogP contribution in [-0.2, 0) is 6.54 Å². The molecule has 0 saturated carbocycles. The molecule has 0 aromatic heterocycles. The molecule has 1 atom stereocenters. The number of rotatable bonds is 5. The second-order valence-electron chi connectivity index (χ2n) is 5.03. The Morgan fingerprint density at radius 2 is 2.32 bits per heavy atom. The highest BCUT2D eigenvalue weighted by atomic mass is 79.9. The molecule has 3 nitrogen and oxygen atoms in total. The standard InChI is InChI=1S/C15H23BrN2O/c1-3-18(13-5-4-8-17-10-13)11-12-6-7-15(19-2)14(16)9-12/h6-7,9,13,17H,3-5,8,10-11H2,1-2H3. The fourth-order valence-corrected chi connectivity index (χ4v) is 3.28. The zero-order chi connectivity index (χ0) is 13.7. The third-order valence-electron chi connectivity index (χ3n) is 3.80. The average Bonchev–Trinajstić information content (AvgIpc) is 2.46. The zero-order valence-electron chi connectivity index (χ0n) is 11.8. The first kappa shape index (κ1) is 14.8. The van der Waals surface area contributed by atoms with Crippen LogP contribution in [0.15, 0.2) is 22.7 Å². The molecular formula is C15H23BrN2O. The molecule has 1 saturated heterocycles. The van der Waals surface area contributed by atoms with Crippen molar-refractivity contribution in [2.24, 2.45) is 0 Å². The predicted octanol–water partition coefficient (Wildman–Crippen LogP) is 3.03. The molecule has 0 bridgehead atoms. The van der Waals surface area contributed by atoms with Crippen molar-refractivity contribution in [1.29, 1.82) is 0 Å². The maximum Gasteiger partial charge on any atom is 0.133 e. The molecule has 1 aromatic rings. The van der Waals surface area contributed by atoms with Crippen LogP contribution >= 0.6 is 15.9 Å². The number of likely N-dealkylation sites (N-methyl/N-ethyl adjacent to an activating group) is 1. The second-order valence-corrected chi connectivity index (χ2v) is 5.89. The fraction of sp³-hybridized carbons (Fsp3) is 0.600. The van der Waals surface area contributed by atoms with Crippen molar-refractivity contribution in [3.63, 3.8) is 0 Å². The molecule has 4 heteroatoms. The van der Waals surface area contributed by atoms with E-state index < -0.39 is 0 Å². The Bertz CT molecular complexity index is 405. The Kier molecular flexibility index (Phi) is 5.67. The molecule has 1 unspecified atom stereocenters. The van der Waals surface area contributed by atoms with Crippen LogP contribution in [-0.4, -0.2) is 37.7 Å². The molecule has 1 fully saturated rings. The van der Waals surface area contributed by atoms with Gasteiger partial charge in [0, 0.05) is 19.1 Å². The fourth-order valence-electron chi connectivity index (χ4n) is 2.69. The second kappa shape index (κ2) is 7.27. The van der Waals surface area contributed by atoms with E-state index in [0.29, 0.717) is 6.04 Å². The number of benzene rings is 1. The lowest BCUT2D eigenvalue weighted by molar-refractivity contribution is 0.166. The number of hydrogen-bond acceptors (Lipinski definition) is 3. The Balaban J connectivity index is 2.03. The van der Waals surface area contributed by atoms with E-state index >= 15 is 0 Å². The molecular weight excluding hydrogens is 304 g/mol. The molecule has 2 rings (SSSR count). The van der Waals surface area contributed by atoms with E-state index in [2.05, 4.69) is 45.2 Å². The Morgan fingerprint density at radius 1 is 1.47 bits per heavy atom. The van der Waals surface area contributed by atoms with Crippen molar-refractivity contribution in [3.05, 3.63) is 28.2 Å². The topological polar surface area (TPSA) is 24.5 Å². The van der Waals surface area contributed by atoms with Crippen LogP contribution < -0.4 is 10.1 Å². The molecule has 0 spiro atoms. The summed E-state index contributed by atoms with van der Waals surface area (Å²) in [6, 6.07) is 7.02. The van der Waals surface area contributed by atoms with Gasteiger partial charge < -0.3 is 10.1 Å². The van der Waals surface area contributed by atoms with Crippen molar-refractivity contribution >= 4 is 15.9 Å². The van der Waals surface area contributed by atoms with Crippen molar-refractivity contribution in [1.82, 2.24) is 10.2 Å². The summed E-state index contributed by atoms with van der Waals surface area (Å²) in [6.07, 6.45) is 2.59. The van der Waals surface area contributed by atoms with Gasteiger partial charge in [-0.2, -0.15) is 0 Å². The molecule has 1 aliphatic heterocycles. The van der Waals surface area contributed by atoms with Crippen molar-refractivity contribution in [3.8, 4) is 5.75 Å². The lowest BCUT2D eigenvalue weighted by atomic mass is 10.0. The van der Waals surface area contributed by atoms with Crippen LogP contribution in [0, 0.1) is 0 Å². The van der Waals surface area contributed by atoms with Gasteiger partial charge in [-0.1, -0.05) is 13.0 Å². The Morgan fingerprint density at radius 3 is 2.89 bits per heavy atom. The monoisotopic (exact) mass is 326 g/mol. The smallest absolute Gasteiger partial charge is 0.133 e. The molecule has 0 aliphatic carbocycles. The summed E-state index contributed by atoms with van der Waals surface area (Å²) < 4.78 is 6.31. The minimum absolute atomic E-state index is 0.666. The number of ether oxygens (including phenoxy) is 1. The third-order valence-corrected chi connectivity index (χ3v) is 4.42. The van der Waals surface area contributed by atoms with Crippen LogP contribution in [0.2, 0.25) is 0 Å². The van der Waals surface area contributed by atoms with Gasteiger partial charge in [0.05, 0.1) is 11.6 Å². The van der Waals surface area contributed by atoms with Gasteiger partial charge in [0.1, 0.15) is 5.75 Å². The first-order valence-electron chi connectivity index (χ1n) is 7.01. The molecule has 1 aliphatic rings. The highest BCUT2D eigenvalue weighted by Gasteiger charge is 2.19. The number of piperidine rings is 1. The Labute approximate surface area is 124 Å². The Hall–Kier alpha value is -0.580. The van der Waals surface area contributed by atoms with E-state index in [-0.39, 0.29) is 0 Å². The maximum atomic E-state index is 5.28. The number of halogens is 1. The van der Waals surface area contributed by atoms with E-state index in [4.69, 9.17) is 4.74 Å². The SMILES string of the molecule is CCN(Cc1ccc(OC)c(Br)c1)C1CCCNC1. The minimum Gasteiger partial charge on any atom is -0.496 e. The van der Waals surface area contributed by atoms with Crippen LogP contribution in [0.25, 0.3) is 0 Å². The number of nitrogens with zero attached hydrogens (tertiary/aromatic N) is 1. The van der Waals surface area contributed by atoms with Crippen LogP contribution in [0.5, 0.6) is 5.75 Å². The van der Waals surface area contributed by atoms with Gasteiger partial charge in [-0.3, -0.25) is 4.90 Å². The summed E-state index contributed by atoms with van der Waals surface area (Å²) in [5, 5.41) is 3.49. The molecule has 1 N–H and O–H groups in total.